The molecule has 13 heteroatoms. The summed E-state index contributed by atoms with van der Waals surface area (Å²) in [6.07, 6.45) is 6.67. The number of hydrogen-bond donors (Lipinski definition) is 1. The molecule has 0 aliphatic heterocycles. The summed E-state index contributed by atoms with van der Waals surface area (Å²) in [5.74, 6) is -0.260. The van der Waals surface area contributed by atoms with Gasteiger partial charge in [0.05, 0.1) is 42.4 Å². The van der Waals surface area contributed by atoms with Gasteiger partial charge in [0.15, 0.2) is 11.5 Å². The Labute approximate surface area is 207 Å². The highest BCUT2D eigenvalue weighted by molar-refractivity contribution is 5.87. The van der Waals surface area contributed by atoms with Gasteiger partial charge in [-0.2, -0.15) is 9.61 Å². The molecule has 0 spiro atoms. The van der Waals surface area contributed by atoms with E-state index >= 15 is 0 Å². The predicted octanol–water partition coefficient (Wildman–Crippen LogP) is 3.30. The number of anilines is 1. The van der Waals surface area contributed by atoms with Crippen molar-refractivity contribution in [3.8, 4) is 17.0 Å². The lowest BCUT2D eigenvalue weighted by molar-refractivity contribution is 0.289. The Morgan fingerprint density at radius 3 is 2.68 bits per heavy atom. The Hall–Kier alpha value is -5.07. The van der Waals surface area contributed by atoms with Crippen molar-refractivity contribution in [1.29, 1.82) is 0 Å². The number of fused-ring (bicyclic) bond motifs is 2. The third kappa shape index (κ3) is 4.74. The normalized spacial score (nSPS) is 11.3. The largest absolute Gasteiger partial charge is 0.490 e. The number of ether oxygens (including phenoxy) is 1. The van der Waals surface area contributed by atoms with Crippen LogP contribution in [-0.4, -0.2) is 51.4 Å². The van der Waals surface area contributed by atoms with Crippen molar-refractivity contribution >= 4 is 22.4 Å². The number of rotatable bonds is 8. The molecule has 6 aromatic rings. The van der Waals surface area contributed by atoms with Gasteiger partial charge in [0.1, 0.15) is 29.5 Å². The van der Waals surface area contributed by atoms with E-state index in [0.29, 0.717) is 52.7 Å². The zero-order chi connectivity index (χ0) is 25.2. The number of nitrogens with one attached hydrogen (secondary N) is 1. The van der Waals surface area contributed by atoms with E-state index in [0.717, 1.165) is 11.8 Å². The van der Waals surface area contributed by atoms with Gasteiger partial charge < -0.3 is 10.1 Å². The molecule has 5 heterocycles. The van der Waals surface area contributed by atoms with Crippen molar-refractivity contribution in [1.82, 2.24) is 44.8 Å². The van der Waals surface area contributed by atoms with Crippen molar-refractivity contribution in [2.45, 2.75) is 13.1 Å². The molecule has 0 bridgehead atoms. The number of aromatic nitrogens is 9. The van der Waals surface area contributed by atoms with Crippen LogP contribution in [0.1, 0.15) is 5.82 Å². The molecule has 0 unspecified atom stereocenters. The van der Waals surface area contributed by atoms with Crippen LogP contribution in [0.15, 0.2) is 67.3 Å². The average molecular weight is 500 g/mol. The number of halogens is 2. The smallest absolute Gasteiger partial charge is 0.178 e. The van der Waals surface area contributed by atoms with Gasteiger partial charge in [-0.15, -0.1) is 15.3 Å². The van der Waals surface area contributed by atoms with Gasteiger partial charge in [-0.1, -0.05) is 5.21 Å². The molecule has 5 aromatic heterocycles. The minimum atomic E-state index is -0.677. The summed E-state index contributed by atoms with van der Waals surface area (Å²) in [5.41, 5.74) is 3.25. The van der Waals surface area contributed by atoms with E-state index in [1.165, 1.54) is 16.6 Å². The monoisotopic (exact) mass is 500 g/mol. The van der Waals surface area contributed by atoms with E-state index in [4.69, 9.17) is 4.74 Å². The molecule has 0 radical (unpaired) electrons. The Kier molecular flexibility index (Phi) is 5.77. The molecule has 11 nitrogen and oxygen atoms in total. The summed E-state index contributed by atoms with van der Waals surface area (Å²) in [6, 6.07) is 10.2. The summed E-state index contributed by atoms with van der Waals surface area (Å²) in [5, 5.41) is 23.8. The molecule has 0 saturated carbocycles. The average Bonchev–Trinajstić information content (AvgIpc) is 3.56. The van der Waals surface area contributed by atoms with Crippen LogP contribution in [0.5, 0.6) is 5.75 Å². The standard InChI is InChI=1S/C24H18F2N10O/c25-16-9-15(10-17(26)11-16)19-1-2-22-31-32-23(36(22)33-19)14-28-20-3-4-27-21-12-18(13-29-24(20)21)37-8-7-35-6-5-30-34-35/h1-6,9-13H,7-8,14H2,(H,27,28). The van der Waals surface area contributed by atoms with E-state index in [1.54, 1.807) is 47.7 Å². The van der Waals surface area contributed by atoms with Crippen LogP contribution in [0, 0.1) is 11.6 Å². The fourth-order valence-corrected chi connectivity index (χ4v) is 3.82. The van der Waals surface area contributed by atoms with E-state index in [9.17, 15) is 8.78 Å². The summed E-state index contributed by atoms with van der Waals surface area (Å²) >= 11 is 0. The van der Waals surface area contributed by atoms with E-state index in [-0.39, 0.29) is 6.54 Å². The molecule has 0 amide bonds. The zero-order valence-corrected chi connectivity index (χ0v) is 19.2. The highest BCUT2D eigenvalue weighted by Crippen LogP contribution is 2.24. The lowest BCUT2D eigenvalue weighted by Crippen LogP contribution is -2.09. The van der Waals surface area contributed by atoms with Crippen LogP contribution in [0.4, 0.5) is 14.5 Å². The van der Waals surface area contributed by atoms with Crippen LogP contribution in [0.2, 0.25) is 0 Å². The maximum Gasteiger partial charge on any atom is 0.178 e. The molecule has 0 fully saturated rings. The second-order valence-electron chi connectivity index (χ2n) is 8.03. The van der Waals surface area contributed by atoms with Gasteiger partial charge in [0.2, 0.25) is 0 Å². The third-order valence-corrected chi connectivity index (χ3v) is 5.54. The molecular weight excluding hydrogens is 482 g/mol. The van der Waals surface area contributed by atoms with Crippen LogP contribution < -0.4 is 10.1 Å². The van der Waals surface area contributed by atoms with Crippen LogP contribution in [-0.2, 0) is 13.1 Å². The van der Waals surface area contributed by atoms with Crippen molar-refractivity contribution in [2.24, 2.45) is 0 Å². The second-order valence-corrected chi connectivity index (χ2v) is 8.03. The SMILES string of the molecule is Fc1cc(F)cc(-c2ccc3nnc(CNc4ccnc5cc(OCCn6ccnn6)cnc45)n3n2)c1. The number of nitrogens with zero attached hydrogens (tertiary/aromatic N) is 9. The Bertz CT molecular complexity index is 1680. The first-order valence-corrected chi connectivity index (χ1v) is 11.3. The van der Waals surface area contributed by atoms with Gasteiger partial charge in [0.25, 0.3) is 0 Å². The zero-order valence-electron chi connectivity index (χ0n) is 19.2. The molecule has 37 heavy (non-hydrogen) atoms. The highest BCUT2D eigenvalue weighted by atomic mass is 19.1. The molecule has 0 aliphatic rings. The number of pyridine rings is 2. The molecule has 0 atom stereocenters. The van der Waals surface area contributed by atoms with Gasteiger partial charge >= 0.3 is 0 Å². The lowest BCUT2D eigenvalue weighted by atomic mass is 10.1. The van der Waals surface area contributed by atoms with Crippen molar-refractivity contribution in [3.05, 3.63) is 84.7 Å². The van der Waals surface area contributed by atoms with E-state index < -0.39 is 11.6 Å². The molecule has 1 N–H and O–H groups in total. The fourth-order valence-electron chi connectivity index (χ4n) is 3.82. The predicted molar refractivity (Wildman–Crippen MR) is 129 cm³/mol. The molecule has 1 aromatic carbocycles. The van der Waals surface area contributed by atoms with Gasteiger partial charge in [0, 0.05) is 30.1 Å². The minimum absolute atomic E-state index is 0.270. The first-order chi connectivity index (χ1) is 18.1. The molecule has 184 valence electrons. The van der Waals surface area contributed by atoms with Crippen molar-refractivity contribution < 1.29 is 13.5 Å². The summed E-state index contributed by atoms with van der Waals surface area (Å²) < 4.78 is 36.4. The number of benzene rings is 1. The maximum absolute atomic E-state index is 13.7. The summed E-state index contributed by atoms with van der Waals surface area (Å²) in [4.78, 5) is 8.91. The quantitative estimate of drug-likeness (QED) is 0.336. The van der Waals surface area contributed by atoms with E-state index in [1.807, 2.05) is 6.07 Å². The fraction of sp³-hybridized carbons (Fsp3) is 0.125. The Morgan fingerprint density at radius 2 is 1.84 bits per heavy atom. The van der Waals surface area contributed by atoms with E-state index in [2.05, 4.69) is 40.9 Å². The van der Waals surface area contributed by atoms with Gasteiger partial charge in [-0.25, -0.2) is 18.4 Å². The second kappa shape index (κ2) is 9.53. The highest BCUT2D eigenvalue weighted by Gasteiger charge is 2.12. The van der Waals surface area contributed by atoms with Gasteiger partial charge in [-0.05, 0) is 30.3 Å². The summed E-state index contributed by atoms with van der Waals surface area (Å²) in [6.45, 7) is 1.24. The van der Waals surface area contributed by atoms with Crippen molar-refractivity contribution in [2.75, 3.05) is 11.9 Å². The maximum atomic E-state index is 13.7. The molecule has 0 aliphatic carbocycles. The third-order valence-electron chi connectivity index (χ3n) is 5.54. The van der Waals surface area contributed by atoms with Gasteiger partial charge in [-0.3, -0.25) is 4.98 Å². The molecule has 0 saturated heterocycles. The number of hydrogen-bond acceptors (Lipinski definition) is 9. The Balaban J connectivity index is 1.20. The first kappa shape index (κ1) is 22.4. The van der Waals surface area contributed by atoms with Crippen LogP contribution in [0.3, 0.4) is 0 Å². The van der Waals surface area contributed by atoms with Crippen LogP contribution in [0.25, 0.3) is 27.9 Å². The van der Waals surface area contributed by atoms with Crippen LogP contribution >= 0.6 is 0 Å². The Morgan fingerprint density at radius 1 is 0.946 bits per heavy atom. The molecule has 6 rings (SSSR count). The lowest BCUT2D eigenvalue weighted by Gasteiger charge is -2.10. The summed E-state index contributed by atoms with van der Waals surface area (Å²) in [7, 11) is 0. The first-order valence-electron chi connectivity index (χ1n) is 11.3. The molecular formula is C24H18F2N10O. The van der Waals surface area contributed by atoms with Crippen molar-refractivity contribution in [3.63, 3.8) is 0 Å². The minimum Gasteiger partial charge on any atom is -0.490 e. The topological polar surface area (TPSA) is 121 Å².